The fourth-order valence-corrected chi connectivity index (χ4v) is 5.33. The van der Waals surface area contributed by atoms with Gasteiger partial charge in [0.1, 0.15) is 5.82 Å². The van der Waals surface area contributed by atoms with E-state index < -0.39 is 0 Å². The van der Waals surface area contributed by atoms with Gasteiger partial charge in [-0.3, -0.25) is 24.3 Å². The lowest BCUT2D eigenvalue weighted by Crippen LogP contribution is -2.42. The minimum Gasteiger partial charge on any atom is -0.297 e. The first-order chi connectivity index (χ1) is 15.0. The summed E-state index contributed by atoms with van der Waals surface area (Å²) >= 11 is 5.99. The van der Waals surface area contributed by atoms with E-state index in [-0.39, 0.29) is 29.5 Å². The van der Waals surface area contributed by atoms with Crippen molar-refractivity contribution in [3.05, 3.63) is 70.0 Å². The summed E-state index contributed by atoms with van der Waals surface area (Å²) < 4.78 is 14.1. The molecule has 0 N–H and O–H groups in total. The molecule has 0 aromatic heterocycles. The summed E-state index contributed by atoms with van der Waals surface area (Å²) in [6.45, 7) is 4.26. The van der Waals surface area contributed by atoms with Gasteiger partial charge in [0.25, 0.3) is 0 Å². The third kappa shape index (κ3) is 4.00. The number of carbonyl (C=O) groups is 2. The zero-order valence-electron chi connectivity index (χ0n) is 17.3. The zero-order chi connectivity index (χ0) is 21.5. The molecule has 7 heteroatoms. The molecule has 0 unspecified atom stereocenters. The van der Waals surface area contributed by atoms with Crippen molar-refractivity contribution in [3.8, 4) is 0 Å². The Morgan fingerprint density at radius 1 is 0.935 bits per heavy atom. The van der Waals surface area contributed by atoms with E-state index in [2.05, 4.69) is 29.2 Å². The topological polar surface area (TPSA) is 43.9 Å². The summed E-state index contributed by atoms with van der Waals surface area (Å²) in [5.74, 6) is -1.12. The number of likely N-dealkylation sites (tertiary alicyclic amines) is 2. The van der Waals surface area contributed by atoms with E-state index >= 15 is 0 Å². The molecule has 3 aliphatic heterocycles. The highest BCUT2D eigenvalue weighted by Crippen LogP contribution is 2.34. The van der Waals surface area contributed by atoms with Gasteiger partial charge in [-0.15, -0.1) is 0 Å². The van der Waals surface area contributed by atoms with Crippen LogP contribution in [0.1, 0.15) is 16.7 Å². The molecule has 3 heterocycles. The fourth-order valence-electron chi connectivity index (χ4n) is 5.14. The van der Waals surface area contributed by atoms with Crippen LogP contribution in [0, 0.1) is 17.7 Å². The van der Waals surface area contributed by atoms with Crippen LogP contribution in [-0.2, 0) is 29.1 Å². The lowest BCUT2D eigenvalue weighted by molar-refractivity contribution is -0.140. The van der Waals surface area contributed by atoms with Crippen molar-refractivity contribution in [2.75, 3.05) is 32.7 Å². The average Bonchev–Trinajstić information content (AvgIpc) is 3.28. The van der Waals surface area contributed by atoms with E-state index in [4.69, 9.17) is 11.6 Å². The quantitative estimate of drug-likeness (QED) is 0.669. The van der Waals surface area contributed by atoms with Crippen molar-refractivity contribution in [2.45, 2.75) is 19.5 Å². The van der Waals surface area contributed by atoms with Crippen LogP contribution in [0.25, 0.3) is 0 Å². The molecule has 2 aromatic carbocycles. The van der Waals surface area contributed by atoms with Gasteiger partial charge in [0.15, 0.2) is 0 Å². The van der Waals surface area contributed by atoms with Crippen molar-refractivity contribution < 1.29 is 14.0 Å². The second-order valence-corrected chi connectivity index (χ2v) is 9.20. The van der Waals surface area contributed by atoms with Gasteiger partial charge in [-0.2, -0.15) is 0 Å². The Balaban J connectivity index is 1.18. The van der Waals surface area contributed by atoms with E-state index in [9.17, 15) is 14.0 Å². The van der Waals surface area contributed by atoms with Crippen LogP contribution in [0.5, 0.6) is 0 Å². The summed E-state index contributed by atoms with van der Waals surface area (Å²) in [6.07, 6.45) is 0.998. The van der Waals surface area contributed by atoms with Crippen LogP contribution in [0.3, 0.4) is 0 Å². The number of amides is 2. The maximum atomic E-state index is 14.1. The maximum absolute atomic E-state index is 14.1. The van der Waals surface area contributed by atoms with Crippen molar-refractivity contribution in [3.63, 3.8) is 0 Å². The predicted octanol–water partition coefficient (Wildman–Crippen LogP) is 2.95. The highest BCUT2D eigenvalue weighted by molar-refractivity contribution is 6.30. The van der Waals surface area contributed by atoms with Crippen LogP contribution in [0.4, 0.5) is 4.39 Å². The van der Waals surface area contributed by atoms with E-state index in [0.29, 0.717) is 43.3 Å². The molecule has 3 aliphatic rings. The minimum absolute atomic E-state index is 0.0820. The summed E-state index contributed by atoms with van der Waals surface area (Å²) in [7, 11) is 0. The van der Waals surface area contributed by atoms with Gasteiger partial charge in [-0.1, -0.05) is 35.9 Å². The van der Waals surface area contributed by atoms with E-state index in [1.165, 1.54) is 28.2 Å². The first-order valence-electron chi connectivity index (χ1n) is 10.8. The number of benzene rings is 2. The number of fused-ring (bicyclic) bond motifs is 2. The second-order valence-electron chi connectivity index (χ2n) is 8.77. The largest absolute Gasteiger partial charge is 0.297 e. The van der Waals surface area contributed by atoms with Crippen molar-refractivity contribution >= 4 is 23.4 Å². The molecule has 31 heavy (non-hydrogen) atoms. The molecule has 0 aliphatic carbocycles. The fraction of sp³-hybridized carbons (Fsp3) is 0.417. The predicted molar refractivity (Wildman–Crippen MR) is 116 cm³/mol. The number of imide groups is 1. The molecule has 0 saturated carbocycles. The molecular weight excluding hydrogens is 417 g/mol. The highest BCUT2D eigenvalue weighted by atomic mass is 35.5. The van der Waals surface area contributed by atoms with Gasteiger partial charge in [0.2, 0.25) is 11.8 Å². The lowest BCUT2D eigenvalue weighted by atomic mass is 10.00. The Labute approximate surface area is 186 Å². The van der Waals surface area contributed by atoms with E-state index in [0.717, 1.165) is 19.5 Å². The van der Waals surface area contributed by atoms with Crippen molar-refractivity contribution in [1.82, 2.24) is 14.7 Å². The molecule has 0 bridgehead atoms. The number of carbonyl (C=O) groups excluding carboxylic acids is 2. The molecule has 0 radical (unpaired) electrons. The number of hydrogen-bond donors (Lipinski definition) is 0. The standard InChI is InChI=1S/C24H25ClFN3O2/c25-19-5-6-22(26)18(11-19)13-28-14-20-21(15-28)24(31)29(23(20)30)10-9-27-8-7-16-3-1-2-4-17(16)12-27/h1-6,11,20-21H,7-10,12-15H2/t20-,21+. The summed E-state index contributed by atoms with van der Waals surface area (Å²) in [5.41, 5.74) is 3.21. The highest BCUT2D eigenvalue weighted by Gasteiger charge is 2.52. The van der Waals surface area contributed by atoms with Crippen molar-refractivity contribution in [1.29, 1.82) is 0 Å². The molecule has 2 fully saturated rings. The Kier molecular flexibility index (Phi) is 5.54. The first-order valence-corrected chi connectivity index (χ1v) is 11.2. The summed E-state index contributed by atoms with van der Waals surface area (Å²) in [6, 6.07) is 12.9. The molecule has 0 spiro atoms. The first kappa shape index (κ1) is 20.6. The van der Waals surface area contributed by atoms with Crippen LogP contribution >= 0.6 is 11.6 Å². The van der Waals surface area contributed by atoms with Crippen molar-refractivity contribution in [2.24, 2.45) is 11.8 Å². The summed E-state index contributed by atoms with van der Waals surface area (Å²) in [4.78, 5) is 31.7. The third-order valence-corrected chi connectivity index (χ3v) is 7.05. The minimum atomic E-state index is -0.322. The van der Waals surface area contributed by atoms with Gasteiger partial charge < -0.3 is 0 Å². The van der Waals surface area contributed by atoms with Crippen LogP contribution in [0.2, 0.25) is 5.02 Å². The Morgan fingerprint density at radius 3 is 2.39 bits per heavy atom. The molecule has 2 atom stereocenters. The monoisotopic (exact) mass is 441 g/mol. The molecule has 2 amide bonds. The lowest BCUT2D eigenvalue weighted by Gasteiger charge is -2.30. The van der Waals surface area contributed by atoms with Gasteiger partial charge in [-0.05, 0) is 35.7 Å². The van der Waals surface area contributed by atoms with Crippen LogP contribution < -0.4 is 0 Å². The number of hydrogen-bond acceptors (Lipinski definition) is 4. The molecule has 2 aromatic rings. The van der Waals surface area contributed by atoms with E-state index in [1.54, 1.807) is 6.07 Å². The Morgan fingerprint density at radius 2 is 1.65 bits per heavy atom. The van der Waals surface area contributed by atoms with Gasteiger partial charge in [0.05, 0.1) is 11.8 Å². The normalized spacial score (nSPS) is 24.0. The maximum Gasteiger partial charge on any atom is 0.234 e. The van der Waals surface area contributed by atoms with Gasteiger partial charge in [0, 0.05) is 56.4 Å². The third-order valence-electron chi connectivity index (χ3n) is 6.81. The summed E-state index contributed by atoms with van der Waals surface area (Å²) in [5, 5.41) is 0.481. The Bertz CT molecular complexity index is 1010. The average molecular weight is 442 g/mol. The van der Waals surface area contributed by atoms with Gasteiger partial charge in [-0.25, -0.2) is 4.39 Å². The number of rotatable bonds is 5. The molecule has 2 saturated heterocycles. The Hall–Kier alpha value is -2.28. The van der Waals surface area contributed by atoms with Crippen LogP contribution in [-0.4, -0.2) is 59.2 Å². The molecule has 5 rings (SSSR count). The smallest absolute Gasteiger partial charge is 0.234 e. The molecule has 162 valence electrons. The zero-order valence-corrected chi connectivity index (χ0v) is 18.0. The van der Waals surface area contributed by atoms with E-state index in [1.807, 2.05) is 4.90 Å². The molecule has 5 nitrogen and oxygen atoms in total. The SMILES string of the molecule is O=C1[C@H]2CN(Cc3cc(Cl)ccc3F)C[C@H]2C(=O)N1CCN1CCc2ccccc2C1. The van der Waals surface area contributed by atoms with Gasteiger partial charge >= 0.3 is 0 Å². The number of halogens is 2. The second kappa shape index (κ2) is 8.34. The molecular formula is C24H25ClFN3O2. The van der Waals surface area contributed by atoms with Crippen LogP contribution in [0.15, 0.2) is 42.5 Å². The number of nitrogens with zero attached hydrogens (tertiary/aromatic N) is 3.